The molecule has 0 aliphatic carbocycles. The zero-order valence-corrected chi connectivity index (χ0v) is 15.2. The highest BCUT2D eigenvalue weighted by Crippen LogP contribution is 2.52. The number of rotatable bonds is 2. The largest absolute Gasteiger partial charge is 0.143 e. The third kappa shape index (κ3) is 2.76. The Kier molecular flexibility index (Phi) is 4.10. The molecule has 0 amide bonds. The molecule has 3 rings (SSSR count). The van der Waals surface area contributed by atoms with Crippen LogP contribution in [0.4, 0.5) is 0 Å². The number of thiol groups is 2. The highest BCUT2D eigenvalue weighted by molar-refractivity contribution is 7.99. The van der Waals surface area contributed by atoms with Crippen molar-refractivity contribution in [2.24, 2.45) is 5.92 Å². The molecule has 110 valence electrons. The summed E-state index contributed by atoms with van der Waals surface area (Å²) in [6.07, 6.45) is 1.14. The predicted molar refractivity (Wildman–Crippen MR) is 97.4 cm³/mol. The highest BCUT2D eigenvalue weighted by atomic mass is 32.2. The average Bonchev–Trinajstić information content (AvgIpc) is 2.36. The van der Waals surface area contributed by atoms with Crippen molar-refractivity contribution in [3.63, 3.8) is 0 Å². The van der Waals surface area contributed by atoms with E-state index in [4.69, 9.17) is 0 Å². The molecule has 3 heteroatoms. The van der Waals surface area contributed by atoms with Crippen molar-refractivity contribution in [3.8, 4) is 0 Å². The van der Waals surface area contributed by atoms with Gasteiger partial charge in [0.05, 0.1) is 0 Å². The standard InChI is InChI=1S/C18H20S3/c1-11(2)10-18(3)14-6-4-12(19)8-16(14)21-17-9-13(20)5-7-15(17)18/h4-9,11,19-20H,10H2,1-3H3. The van der Waals surface area contributed by atoms with Crippen LogP contribution in [-0.2, 0) is 5.41 Å². The van der Waals surface area contributed by atoms with E-state index in [0.29, 0.717) is 5.92 Å². The van der Waals surface area contributed by atoms with Crippen LogP contribution < -0.4 is 0 Å². The molecule has 21 heavy (non-hydrogen) atoms. The van der Waals surface area contributed by atoms with E-state index in [1.54, 1.807) is 0 Å². The van der Waals surface area contributed by atoms with Crippen LogP contribution in [0, 0.1) is 5.92 Å². The number of benzene rings is 2. The molecule has 0 fully saturated rings. The van der Waals surface area contributed by atoms with Crippen LogP contribution in [0.15, 0.2) is 56.0 Å². The lowest BCUT2D eigenvalue weighted by Crippen LogP contribution is -2.29. The average molecular weight is 333 g/mol. The monoisotopic (exact) mass is 332 g/mol. The zero-order chi connectivity index (χ0) is 15.2. The van der Waals surface area contributed by atoms with Crippen LogP contribution in [0.25, 0.3) is 0 Å². The van der Waals surface area contributed by atoms with Crippen molar-refractivity contribution >= 4 is 37.0 Å². The van der Waals surface area contributed by atoms with Gasteiger partial charge in [0.2, 0.25) is 0 Å². The lowest BCUT2D eigenvalue weighted by atomic mass is 9.71. The topological polar surface area (TPSA) is 0 Å². The van der Waals surface area contributed by atoms with Crippen molar-refractivity contribution in [1.82, 2.24) is 0 Å². The summed E-state index contributed by atoms with van der Waals surface area (Å²) in [5.74, 6) is 0.644. The van der Waals surface area contributed by atoms with Crippen LogP contribution in [0.3, 0.4) is 0 Å². The Morgan fingerprint density at radius 3 is 1.86 bits per heavy atom. The molecule has 0 N–H and O–H groups in total. The first-order valence-corrected chi connectivity index (χ1v) is 8.96. The van der Waals surface area contributed by atoms with Gasteiger partial charge in [-0.2, -0.15) is 0 Å². The molecule has 0 unspecified atom stereocenters. The van der Waals surface area contributed by atoms with Gasteiger partial charge in [-0.15, -0.1) is 25.3 Å². The van der Waals surface area contributed by atoms with Crippen molar-refractivity contribution in [2.45, 2.75) is 52.2 Å². The molecule has 1 aliphatic rings. The van der Waals surface area contributed by atoms with Crippen LogP contribution in [0.1, 0.15) is 38.3 Å². The smallest absolute Gasteiger partial charge is 0.0199 e. The Morgan fingerprint density at radius 1 is 0.952 bits per heavy atom. The normalized spacial score (nSPS) is 15.7. The summed E-state index contributed by atoms with van der Waals surface area (Å²) in [7, 11) is 0. The molecular weight excluding hydrogens is 312 g/mol. The first-order valence-electron chi connectivity index (χ1n) is 7.25. The predicted octanol–water partition coefficient (Wildman–Crippen LogP) is 6.08. The van der Waals surface area contributed by atoms with E-state index < -0.39 is 0 Å². The Morgan fingerprint density at radius 2 is 1.43 bits per heavy atom. The fourth-order valence-corrected chi connectivity index (χ4v) is 5.40. The maximum Gasteiger partial charge on any atom is 0.0199 e. The van der Waals surface area contributed by atoms with E-state index in [2.05, 4.69) is 82.4 Å². The molecule has 0 atom stereocenters. The second-order valence-electron chi connectivity index (χ2n) is 6.39. The summed E-state index contributed by atoms with van der Waals surface area (Å²) in [5, 5.41) is 0. The van der Waals surface area contributed by atoms with E-state index in [0.717, 1.165) is 16.2 Å². The van der Waals surface area contributed by atoms with Gasteiger partial charge in [0.1, 0.15) is 0 Å². The van der Waals surface area contributed by atoms with Crippen LogP contribution in [-0.4, -0.2) is 0 Å². The molecule has 2 aromatic rings. The van der Waals surface area contributed by atoms with Crippen molar-refractivity contribution in [1.29, 1.82) is 0 Å². The SMILES string of the molecule is CC(C)CC1(C)c2ccc(S)cc2Sc2cc(S)ccc21. The summed E-state index contributed by atoms with van der Waals surface area (Å²) in [6.45, 7) is 6.97. The summed E-state index contributed by atoms with van der Waals surface area (Å²) < 4.78 is 0. The van der Waals surface area contributed by atoms with Gasteiger partial charge < -0.3 is 0 Å². The lowest BCUT2D eigenvalue weighted by molar-refractivity contribution is 0.414. The number of hydrogen-bond donors (Lipinski definition) is 2. The molecule has 0 nitrogen and oxygen atoms in total. The third-order valence-corrected chi connectivity index (χ3v) is 5.83. The molecule has 0 radical (unpaired) electrons. The summed E-state index contributed by atoms with van der Waals surface area (Å²) in [5.41, 5.74) is 2.92. The van der Waals surface area contributed by atoms with E-state index >= 15 is 0 Å². The van der Waals surface area contributed by atoms with Gasteiger partial charge in [-0.05, 0) is 47.7 Å². The molecule has 0 spiro atoms. The van der Waals surface area contributed by atoms with E-state index in [1.807, 2.05) is 11.8 Å². The van der Waals surface area contributed by atoms with Crippen LogP contribution in [0.5, 0.6) is 0 Å². The quantitative estimate of drug-likeness (QED) is 0.628. The molecule has 2 aromatic carbocycles. The van der Waals surface area contributed by atoms with Crippen molar-refractivity contribution in [2.75, 3.05) is 0 Å². The van der Waals surface area contributed by atoms with Crippen molar-refractivity contribution in [3.05, 3.63) is 47.5 Å². The first-order chi connectivity index (χ1) is 9.90. The maximum atomic E-state index is 4.51. The first kappa shape index (κ1) is 15.4. The lowest BCUT2D eigenvalue weighted by Gasteiger charge is -2.39. The molecule has 1 heterocycles. The Bertz CT molecular complexity index is 637. The molecular formula is C18H20S3. The number of hydrogen-bond acceptors (Lipinski definition) is 3. The van der Waals surface area contributed by atoms with Gasteiger partial charge >= 0.3 is 0 Å². The summed E-state index contributed by atoms with van der Waals surface area (Å²) in [6, 6.07) is 13.1. The minimum atomic E-state index is 0.0625. The Labute approximate surface area is 142 Å². The fraction of sp³-hybridized carbons (Fsp3) is 0.333. The van der Waals surface area contributed by atoms with E-state index in [1.165, 1.54) is 20.9 Å². The second-order valence-corrected chi connectivity index (χ2v) is 8.51. The highest BCUT2D eigenvalue weighted by Gasteiger charge is 2.37. The molecule has 1 aliphatic heterocycles. The summed E-state index contributed by atoms with van der Waals surface area (Å²) >= 11 is 10.9. The van der Waals surface area contributed by atoms with Crippen LogP contribution >= 0.6 is 37.0 Å². The van der Waals surface area contributed by atoms with Gasteiger partial charge in [-0.3, -0.25) is 0 Å². The van der Waals surface area contributed by atoms with E-state index in [9.17, 15) is 0 Å². The minimum Gasteiger partial charge on any atom is -0.143 e. The van der Waals surface area contributed by atoms with E-state index in [-0.39, 0.29) is 5.41 Å². The minimum absolute atomic E-state index is 0.0625. The molecule has 0 aromatic heterocycles. The van der Waals surface area contributed by atoms with Gasteiger partial charge in [-0.1, -0.05) is 44.7 Å². The van der Waals surface area contributed by atoms with Gasteiger partial charge in [0, 0.05) is 25.0 Å². The third-order valence-electron chi connectivity index (χ3n) is 4.16. The summed E-state index contributed by atoms with van der Waals surface area (Å²) in [4.78, 5) is 4.71. The molecule has 0 saturated carbocycles. The molecule has 0 saturated heterocycles. The maximum absolute atomic E-state index is 4.51. The number of fused-ring (bicyclic) bond motifs is 2. The van der Waals surface area contributed by atoms with Gasteiger partial charge in [-0.25, -0.2) is 0 Å². The van der Waals surface area contributed by atoms with Gasteiger partial charge in [0.25, 0.3) is 0 Å². The van der Waals surface area contributed by atoms with Crippen molar-refractivity contribution < 1.29 is 0 Å². The molecule has 0 bridgehead atoms. The zero-order valence-electron chi connectivity index (χ0n) is 12.6. The Balaban J connectivity index is 2.23. The Hall–Kier alpha value is -0.510. The van der Waals surface area contributed by atoms with Crippen LogP contribution in [0.2, 0.25) is 0 Å². The second kappa shape index (κ2) is 5.60. The van der Waals surface area contributed by atoms with Gasteiger partial charge in [0.15, 0.2) is 0 Å². The fourth-order valence-electron chi connectivity index (χ4n) is 3.40.